The van der Waals surface area contributed by atoms with Crippen LogP contribution in [0.5, 0.6) is 0 Å². The molecule has 0 radical (unpaired) electrons. The molecule has 146 valence electrons. The average molecular weight is 475 g/mol. The fourth-order valence-electron chi connectivity index (χ4n) is 2.62. The molecule has 0 unspecified atom stereocenters. The average Bonchev–Trinajstić information content (AvgIpc) is 2.65. The number of guanidine groups is 1. The Morgan fingerprint density at radius 3 is 2.73 bits per heavy atom. The van der Waals surface area contributed by atoms with Crippen LogP contribution in [-0.2, 0) is 16.0 Å². The lowest BCUT2D eigenvalue weighted by atomic mass is 10.1. The van der Waals surface area contributed by atoms with Crippen molar-refractivity contribution in [3.8, 4) is 0 Å². The van der Waals surface area contributed by atoms with E-state index in [4.69, 9.17) is 4.74 Å². The molecule has 8 heteroatoms. The van der Waals surface area contributed by atoms with Gasteiger partial charge < -0.3 is 20.7 Å². The van der Waals surface area contributed by atoms with Gasteiger partial charge in [0.25, 0.3) is 0 Å². The van der Waals surface area contributed by atoms with E-state index < -0.39 is 0 Å². The third-order valence-electron chi connectivity index (χ3n) is 4.08. The Kier molecular flexibility index (Phi) is 11.2. The van der Waals surface area contributed by atoms with Gasteiger partial charge in [0, 0.05) is 38.9 Å². The number of hydrogen-bond acceptors (Lipinski definition) is 4. The first kappa shape index (κ1) is 22.7. The fourth-order valence-corrected chi connectivity index (χ4v) is 2.62. The molecule has 26 heavy (non-hydrogen) atoms. The van der Waals surface area contributed by atoms with Gasteiger partial charge in [0.15, 0.2) is 5.96 Å². The molecular weight excluding hydrogens is 445 g/mol. The Balaban J connectivity index is 0.00000338. The first-order chi connectivity index (χ1) is 12.2. The molecule has 0 atom stereocenters. The molecule has 0 spiro atoms. The number of amides is 1. The number of rotatable bonds is 7. The zero-order valence-corrected chi connectivity index (χ0v) is 17.9. The van der Waals surface area contributed by atoms with Crippen molar-refractivity contribution in [3.63, 3.8) is 0 Å². The highest BCUT2D eigenvalue weighted by atomic mass is 127. The number of carbonyl (C=O) groups is 1. The Labute approximate surface area is 173 Å². The van der Waals surface area contributed by atoms with Crippen molar-refractivity contribution in [1.82, 2.24) is 15.5 Å². The van der Waals surface area contributed by atoms with Gasteiger partial charge in [-0.1, -0.05) is 19.1 Å². The minimum atomic E-state index is -0.0932. The number of nitrogens with one attached hydrogen (secondary N) is 3. The molecule has 1 fully saturated rings. The van der Waals surface area contributed by atoms with Gasteiger partial charge in [-0.05, 0) is 24.1 Å². The Morgan fingerprint density at radius 1 is 1.27 bits per heavy atom. The maximum atomic E-state index is 12.1. The SMILES string of the molecule is CCc1cccc(NC(=O)CNC(=NC)NCCN2CCOCC2)c1.I. The molecule has 7 nitrogen and oxygen atoms in total. The summed E-state index contributed by atoms with van der Waals surface area (Å²) >= 11 is 0. The molecule has 3 N–H and O–H groups in total. The van der Waals surface area contributed by atoms with Gasteiger partial charge in [0.05, 0.1) is 19.8 Å². The standard InChI is InChI=1S/C18H29N5O2.HI/c1-3-15-5-4-6-16(13-15)22-17(24)14-21-18(19-2)20-7-8-23-9-11-25-12-10-23;/h4-6,13H,3,7-12,14H2,1-2H3,(H,22,24)(H2,19,20,21);1H. The van der Waals surface area contributed by atoms with Crippen LogP contribution >= 0.6 is 24.0 Å². The van der Waals surface area contributed by atoms with Gasteiger partial charge in [0.2, 0.25) is 5.91 Å². The molecule has 1 aromatic carbocycles. The van der Waals surface area contributed by atoms with Crippen LogP contribution in [0.4, 0.5) is 5.69 Å². The molecule has 1 heterocycles. The summed E-state index contributed by atoms with van der Waals surface area (Å²) in [6, 6.07) is 7.89. The lowest BCUT2D eigenvalue weighted by molar-refractivity contribution is -0.115. The largest absolute Gasteiger partial charge is 0.379 e. The molecule has 0 aliphatic carbocycles. The van der Waals surface area contributed by atoms with E-state index in [0.29, 0.717) is 5.96 Å². The molecule has 0 bridgehead atoms. The van der Waals surface area contributed by atoms with Crippen LogP contribution in [0.1, 0.15) is 12.5 Å². The van der Waals surface area contributed by atoms with E-state index in [1.807, 2.05) is 24.3 Å². The molecule has 1 aliphatic rings. The van der Waals surface area contributed by atoms with Crippen molar-refractivity contribution >= 4 is 41.5 Å². The van der Waals surface area contributed by atoms with Gasteiger partial charge in [0.1, 0.15) is 0 Å². The number of aliphatic imine (C=N–C) groups is 1. The number of nitrogens with zero attached hydrogens (tertiary/aromatic N) is 2. The van der Waals surface area contributed by atoms with Gasteiger partial charge in [-0.25, -0.2) is 0 Å². The Morgan fingerprint density at radius 2 is 2.04 bits per heavy atom. The van der Waals surface area contributed by atoms with Crippen LogP contribution < -0.4 is 16.0 Å². The summed E-state index contributed by atoms with van der Waals surface area (Å²) in [6.45, 7) is 7.50. The number of aryl methyl sites for hydroxylation is 1. The predicted octanol–water partition coefficient (Wildman–Crippen LogP) is 1.30. The van der Waals surface area contributed by atoms with Gasteiger partial charge in [-0.2, -0.15) is 0 Å². The minimum absolute atomic E-state index is 0. The van der Waals surface area contributed by atoms with Crippen molar-refractivity contribution in [2.75, 3.05) is 58.3 Å². The molecule has 1 amide bonds. The Hall–Kier alpha value is -1.39. The van der Waals surface area contributed by atoms with Crippen molar-refractivity contribution in [2.45, 2.75) is 13.3 Å². The summed E-state index contributed by atoms with van der Waals surface area (Å²) in [4.78, 5) is 18.6. The highest BCUT2D eigenvalue weighted by molar-refractivity contribution is 14.0. The maximum Gasteiger partial charge on any atom is 0.243 e. The summed E-state index contributed by atoms with van der Waals surface area (Å²) in [6.07, 6.45) is 0.946. The lowest BCUT2D eigenvalue weighted by Crippen LogP contribution is -2.45. The number of hydrogen-bond donors (Lipinski definition) is 3. The zero-order chi connectivity index (χ0) is 17.9. The van der Waals surface area contributed by atoms with Crippen molar-refractivity contribution in [3.05, 3.63) is 29.8 Å². The van der Waals surface area contributed by atoms with E-state index in [2.05, 4.69) is 32.8 Å². The number of benzene rings is 1. The molecule has 0 aromatic heterocycles. The van der Waals surface area contributed by atoms with E-state index in [9.17, 15) is 4.79 Å². The third-order valence-corrected chi connectivity index (χ3v) is 4.08. The van der Waals surface area contributed by atoms with Crippen molar-refractivity contribution in [2.24, 2.45) is 4.99 Å². The summed E-state index contributed by atoms with van der Waals surface area (Å²) in [5.74, 6) is 0.537. The van der Waals surface area contributed by atoms with E-state index >= 15 is 0 Å². The first-order valence-corrected chi connectivity index (χ1v) is 8.84. The van der Waals surface area contributed by atoms with Gasteiger partial charge in [-0.15, -0.1) is 24.0 Å². The number of halogens is 1. The zero-order valence-electron chi connectivity index (χ0n) is 15.6. The summed E-state index contributed by atoms with van der Waals surface area (Å²) in [5, 5.41) is 9.17. The fraction of sp³-hybridized carbons (Fsp3) is 0.556. The number of carbonyl (C=O) groups excluding carboxylic acids is 1. The van der Waals surface area contributed by atoms with E-state index in [-0.39, 0.29) is 36.4 Å². The van der Waals surface area contributed by atoms with E-state index in [0.717, 1.165) is 51.5 Å². The highest BCUT2D eigenvalue weighted by Crippen LogP contribution is 2.10. The second-order valence-corrected chi connectivity index (χ2v) is 5.91. The quantitative estimate of drug-likeness (QED) is 0.315. The number of anilines is 1. The van der Waals surface area contributed by atoms with Crippen LogP contribution in [0.25, 0.3) is 0 Å². The predicted molar refractivity (Wildman–Crippen MR) is 116 cm³/mol. The molecule has 2 rings (SSSR count). The second-order valence-electron chi connectivity index (χ2n) is 5.91. The summed E-state index contributed by atoms with van der Waals surface area (Å²) in [5.41, 5.74) is 2.02. The summed E-state index contributed by atoms with van der Waals surface area (Å²) < 4.78 is 5.33. The number of ether oxygens (including phenoxy) is 1. The van der Waals surface area contributed by atoms with E-state index in [1.165, 1.54) is 5.56 Å². The Bertz CT molecular complexity index is 576. The number of morpholine rings is 1. The van der Waals surface area contributed by atoms with Crippen LogP contribution in [0.3, 0.4) is 0 Å². The summed E-state index contributed by atoms with van der Waals surface area (Å²) in [7, 11) is 1.70. The van der Waals surface area contributed by atoms with Gasteiger partial charge >= 0.3 is 0 Å². The monoisotopic (exact) mass is 475 g/mol. The topological polar surface area (TPSA) is 78.0 Å². The lowest BCUT2D eigenvalue weighted by Gasteiger charge is -2.26. The van der Waals surface area contributed by atoms with Crippen LogP contribution in [0, 0.1) is 0 Å². The molecule has 1 aromatic rings. The normalized spacial score (nSPS) is 15.1. The molecule has 1 saturated heterocycles. The maximum absolute atomic E-state index is 12.1. The first-order valence-electron chi connectivity index (χ1n) is 8.84. The highest BCUT2D eigenvalue weighted by Gasteiger charge is 2.10. The molecule has 1 aliphatic heterocycles. The van der Waals surface area contributed by atoms with Crippen LogP contribution in [0.2, 0.25) is 0 Å². The van der Waals surface area contributed by atoms with Crippen molar-refractivity contribution < 1.29 is 9.53 Å². The van der Waals surface area contributed by atoms with Crippen LogP contribution in [0.15, 0.2) is 29.3 Å². The molecule has 0 saturated carbocycles. The van der Waals surface area contributed by atoms with E-state index in [1.54, 1.807) is 7.05 Å². The van der Waals surface area contributed by atoms with Gasteiger partial charge in [-0.3, -0.25) is 14.7 Å². The van der Waals surface area contributed by atoms with Crippen LogP contribution in [-0.4, -0.2) is 69.8 Å². The third kappa shape index (κ3) is 8.33. The minimum Gasteiger partial charge on any atom is -0.379 e. The second kappa shape index (κ2) is 12.9. The smallest absolute Gasteiger partial charge is 0.243 e. The van der Waals surface area contributed by atoms with Crippen molar-refractivity contribution in [1.29, 1.82) is 0 Å². The molecular formula is C18H30IN5O2.